The monoisotopic (exact) mass is 659 g/mol. The van der Waals surface area contributed by atoms with Crippen LogP contribution >= 0.6 is 23.2 Å². The molecule has 3 heterocycles. The van der Waals surface area contributed by atoms with Crippen LogP contribution in [0.15, 0.2) is 47.6 Å². The van der Waals surface area contributed by atoms with E-state index in [1.54, 1.807) is 0 Å². The minimum absolute atomic E-state index is 0.00518. The molecule has 228 valence electrons. The Hall–Kier alpha value is -3.37. The molecule has 3 aromatic rings. The van der Waals surface area contributed by atoms with Crippen molar-refractivity contribution in [1.29, 1.82) is 0 Å². The first-order chi connectivity index (χ1) is 20.3. The number of hydrogen-bond donors (Lipinski definition) is 2. The molecule has 11 nitrogen and oxygen atoms in total. The number of carbonyl (C=O) groups excluding carboxylic acids is 2. The summed E-state index contributed by atoms with van der Waals surface area (Å²) >= 11 is 12.4. The van der Waals surface area contributed by atoms with Crippen LogP contribution in [0, 0.1) is 0 Å². The molecule has 2 N–H and O–H groups in total. The van der Waals surface area contributed by atoms with Gasteiger partial charge >= 0.3 is 6.36 Å². The highest BCUT2D eigenvalue weighted by molar-refractivity contribution is 7.89. The largest absolute Gasteiger partial charge is 0.573 e. The maximum Gasteiger partial charge on any atom is 0.573 e. The van der Waals surface area contributed by atoms with Crippen molar-refractivity contribution in [3.63, 3.8) is 0 Å². The summed E-state index contributed by atoms with van der Waals surface area (Å²) in [6.07, 6.45) is -3.44. The molecule has 3 aliphatic rings. The molecule has 2 aliphatic heterocycles. The standard InChI is InChI=1S/C26H22Cl2F3N5O6S/c27-15-8-16(28)10-17(9-15)35-23(39)25(12-14-3-4-18(11-19(14)25)42-26(29,30)31)36-21(13-33-24(35)36)43(40,41)34-6-1-2-20(34)22(38)32-5-7-37/h3-4,8-11,13,20,37H,1-2,5-7,12H2,(H,32,38)/t20-,25-/m0/s1. The topological polar surface area (TPSA) is 134 Å². The van der Waals surface area contributed by atoms with E-state index >= 15 is 0 Å². The molecule has 2 amide bonds. The molecule has 0 saturated carbocycles. The first-order valence-electron chi connectivity index (χ1n) is 13.0. The van der Waals surface area contributed by atoms with Crippen LogP contribution in [0.5, 0.6) is 5.75 Å². The number of sulfonamides is 1. The van der Waals surface area contributed by atoms with Gasteiger partial charge in [-0.3, -0.25) is 14.2 Å². The molecule has 17 heteroatoms. The van der Waals surface area contributed by atoms with Gasteiger partial charge in [-0.2, -0.15) is 4.31 Å². The van der Waals surface area contributed by atoms with Gasteiger partial charge in [-0.05, 0) is 54.3 Å². The van der Waals surface area contributed by atoms with Crippen LogP contribution < -0.4 is 15.0 Å². The Morgan fingerprint density at radius 1 is 1.19 bits per heavy atom. The Morgan fingerprint density at radius 2 is 1.91 bits per heavy atom. The van der Waals surface area contributed by atoms with Crippen molar-refractivity contribution >= 4 is 56.7 Å². The van der Waals surface area contributed by atoms with Gasteiger partial charge in [0.25, 0.3) is 15.9 Å². The number of aliphatic hydroxyl groups is 1. The second-order valence-corrected chi connectivity index (χ2v) is 12.9. The Morgan fingerprint density at radius 3 is 2.58 bits per heavy atom. The van der Waals surface area contributed by atoms with E-state index in [1.165, 1.54) is 28.8 Å². The number of halogens is 5. The minimum atomic E-state index is -5.01. The Kier molecular flexibility index (Phi) is 7.16. The summed E-state index contributed by atoms with van der Waals surface area (Å²) < 4.78 is 73.9. The molecule has 0 radical (unpaired) electrons. The maximum atomic E-state index is 14.3. The quantitative estimate of drug-likeness (QED) is 0.397. The number of anilines is 2. The van der Waals surface area contributed by atoms with Crippen molar-refractivity contribution < 1.29 is 41.0 Å². The molecule has 1 fully saturated rings. The van der Waals surface area contributed by atoms with Crippen molar-refractivity contribution in [3.8, 4) is 5.75 Å². The van der Waals surface area contributed by atoms with Gasteiger partial charge in [-0.1, -0.05) is 29.3 Å². The molecule has 1 aliphatic carbocycles. The van der Waals surface area contributed by atoms with Gasteiger partial charge in [0.15, 0.2) is 10.6 Å². The van der Waals surface area contributed by atoms with E-state index in [2.05, 4.69) is 15.0 Å². The van der Waals surface area contributed by atoms with Crippen LogP contribution in [0.3, 0.4) is 0 Å². The number of imidazole rings is 1. The summed E-state index contributed by atoms with van der Waals surface area (Å²) in [6.45, 7) is -0.414. The third-order valence-corrected chi connectivity index (χ3v) is 9.96. The van der Waals surface area contributed by atoms with Crippen molar-refractivity contribution in [2.45, 2.75) is 42.2 Å². The van der Waals surface area contributed by atoms with Crippen LogP contribution in [0.4, 0.5) is 24.8 Å². The number of benzene rings is 2. The third kappa shape index (κ3) is 4.73. The lowest BCUT2D eigenvalue weighted by Gasteiger charge is -2.41. The van der Waals surface area contributed by atoms with Gasteiger partial charge in [0.2, 0.25) is 11.9 Å². The smallest absolute Gasteiger partial charge is 0.406 e. The van der Waals surface area contributed by atoms with Crippen LogP contribution in [0.2, 0.25) is 10.0 Å². The maximum absolute atomic E-state index is 14.3. The summed E-state index contributed by atoms with van der Waals surface area (Å²) in [7, 11) is -4.51. The van der Waals surface area contributed by atoms with E-state index in [1.807, 2.05) is 0 Å². The average molecular weight is 660 g/mol. The molecule has 1 aromatic heterocycles. The fourth-order valence-electron chi connectivity index (χ4n) is 5.95. The van der Waals surface area contributed by atoms with Gasteiger partial charge in [0, 0.05) is 29.6 Å². The van der Waals surface area contributed by atoms with E-state index in [9.17, 15) is 31.2 Å². The number of rotatable bonds is 7. The number of aromatic nitrogens is 2. The number of carbonyl (C=O) groups is 2. The highest BCUT2D eigenvalue weighted by Crippen LogP contribution is 2.54. The van der Waals surface area contributed by atoms with E-state index in [0.29, 0.717) is 12.0 Å². The number of hydrogen-bond acceptors (Lipinski definition) is 7. The molecule has 1 spiro atoms. The number of ether oxygens (including phenoxy) is 1. The molecule has 2 atom stereocenters. The Labute approximate surface area is 252 Å². The van der Waals surface area contributed by atoms with Crippen LogP contribution in [-0.2, 0) is 31.6 Å². The number of amides is 2. The molecule has 0 unspecified atom stereocenters. The zero-order valence-corrected chi connectivity index (χ0v) is 24.3. The van der Waals surface area contributed by atoms with Gasteiger partial charge in [-0.15, -0.1) is 13.2 Å². The number of fused-ring (bicyclic) bond motifs is 4. The summed E-state index contributed by atoms with van der Waals surface area (Å²) in [5.41, 5.74) is -1.05. The average Bonchev–Trinajstić information content (AvgIpc) is 3.62. The highest BCUT2D eigenvalue weighted by Gasteiger charge is 2.62. The molecular formula is C26H22Cl2F3N5O6S. The zero-order valence-electron chi connectivity index (χ0n) is 21.9. The lowest BCUT2D eigenvalue weighted by molar-refractivity contribution is -0.274. The van der Waals surface area contributed by atoms with E-state index < -0.39 is 50.6 Å². The molecule has 43 heavy (non-hydrogen) atoms. The summed E-state index contributed by atoms with van der Waals surface area (Å²) in [6, 6.07) is 6.73. The lowest BCUT2D eigenvalue weighted by Crippen LogP contribution is -2.53. The Bertz CT molecular complexity index is 1750. The van der Waals surface area contributed by atoms with Gasteiger partial charge in [0.1, 0.15) is 11.8 Å². The Balaban J connectivity index is 1.52. The third-order valence-electron chi connectivity index (χ3n) is 7.65. The summed E-state index contributed by atoms with van der Waals surface area (Å²) in [5.74, 6) is -2.01. The molecule has 6 rings (SSSR count). The highest BCUT2D eigenvalue weighted by atomic mass is 35.5. The summed E-state index contributed by atoms with van der Waals surface area (Å²) in [5, 5.41) is 11.5. The number of aliphatic hydroxyl groups excluding tert-OH is 1. The first-order valence-corrected chi connectivity index (χ1v) is 15.2. The number of nitrogens with zero attached hydrogens (tertiary/aromatic N) is 4. The first kappa shape index (κ1) is 29.7. The van der Waals surface area contributed by atoms with Gasteiger partial charge < -0.3 is 15.2 Å². The van der Waals surface area contributed by atoms with Crippen molar-refractivity contribution in [2.75, 3.05) is 24.6 Å². The fraction of sp³-hybridized carbons (Fsp3) is 0.346. The minimum Gasteiger partial charge on any atom is -0.406 e. The van der Waals surface area contributed by atoms with Gasteiger partial charge in [-0.25, -0.2) is 18.3 Å². The predicted octanol–water partition coefficient (Wildman–Crippen LogP) is 3.33. The SMILES string of the molecule is O=C(NCCO)[C@@H]1CCCN1S(=O)(=O)c1cnc2n1[C@]1(Cc3ccc(OC(F)(F)F)cc31)C(=O)N2c1cc(Cl)cc(Cl)c1. The predicted molar refractivity (Wildman–Crippen MR) is 147 cm³/mol. The second kappa shape index (κ2) is 10.4. The van der Waals surface area contributed by atoms with Crippen LogP contribution in [0.25, 0.3) is 0 Å². The van der Waals surface area contributed by atoms with Crippen LogP contribution in [-0.4, -0.2) is 71.3 Å². The van der Waals surface area contributed by atoms with Crippen molar-refractivity contribution in [1.82, 2.24) is 19.2 Å². The molecular weight excluding hydrogens is 638 g/mol. The van der Waals surface area contributed by atoms with Gasteiger partial charge in [0.05, 0.1) is 18.5 Å². The fourth-order valence-corrected chi connectivity index (χ4v) is 8.27. The molecule has 2 aromatic carbocycles. The van der Waals surface area contributed by atoms with E-state index in [0.717, 1.165) is 27.5 Å². The zero-order chi connectivity index (χ0) is 30.9. The van der Waals surface area contributed by atoms with E-state index in [-0.39, 0.29) is 59.8 Å². The number of nitrogens with one attached hydrogen (secondary N) is 1. The lowest BCUT2D eigenvalue weighted by atomic mass is 9.70. The normalized spacial score (nSPS) is 21.6. The second-order valence-electron chi connectivity index (χ2n) is 10.2. The van der Waals surface area contributed by atoms with Crippen molar-refractivity contribution in [2.24, 2.45) is 0 Å². The molecule has 0 bridgehead atoms. The van der Waals surface area contributed by atoms with E-state index in [4.69, 9.17) is 28.3 Å². The number of alkyl halides is 3. The summed E-state index contributed by atoms with van der Waals surface area (Å²) in [4.78, 5) is 32.5. The molecule has 1 saturated heterocycles. The van der Waals surface area contributed by atoms with Crippen LogP contribution in [0.1, 0.15) is 24.0 Å². The van der Waals surface area contributed by atoms with Crippen molar-refractivity contribution in [3.05, 3.63) is 63.8 Å².